The highest BCUT2D eigenvalue weighted by molar-refractivity contribution is 7.12. The zero-order valence-corrected chi connectivity index (χ0v) is 25.3. The van der Waals surface area contributed by atoms with Crippen LogP contribution < -0.4 is 10.6 Å². The van der Waals surface area contributed by atoms with Crippen LogP contribution in [0.15, 0.2) is 60.0 Å². The standard InChI is InChI=1S/C29H30Cl2FN5O3S/c1-29(2,3)25(35-26(38)23-12-7-13-41-23)27(39)34-22(15-18-8-5-10-20(30)14-18)28(40)36(4)37(17-33)16-19-9-6-11-21(31)24(19)32/h5-14,22,25H,15-16H2,1-4H3,(H,34,39)(H,35,38)/t22-,25+/m0/s1. The number of carbonyl (C=O) groups excluding carboxylic acids is 3. The molecule has 0 spiro atoms. The van der Waals surface area contributed by atoms with E-state index in [1.54, 1.807) is 62.5 Å². The van der Waals surface area contributed by atoms with E-state index in [9.17, 15) is 24.0 Å². The summed E-state index contributed by atoms with van der Waals surface area (Å²) in [4.78, 5) is 40.7. The van der Waals surface area contributed by atoms with Gasteiger partial charge in [-0.25, -0.2) is 14.4 Å². The van der Waals surface area contributed by atoms with Crippen LogP contribution in [0.5, 0.6) is 0 Å². The van der Waals surface area contributed by atoms with Gasteiger partial charge >= 0.3 is 0 Å². The normalized spacial score (nSPS) is 12.5. The van der Waals surface area contributed by atoms with Crippen molar-refractivity contribution in [2.24, 2.45) is 5.41 Å². The first-order valence-electron chi connectivity index (χ1n) is 12.6. The number of carbonyl (C=O) groups is 3. The van der Waals surface area contributed by atoms with Crippen LogP contribution in [0.4, 0.5) is 4.39 Å². The molecule has 0 radical (unpaired) electrons. The first-order chi connectivity index (χ1) is 19.3. The number of nitrogens with one attached hydrogen (secondary N) is 2. The van der Waals surface area contributed by atoms with Crippen molar-refractivity contribution < 1.29 is 18.8 Å². The van der Waals surface area contributed by atoms with Crippen LogP contribution in [0.2, 0.25) is 10.0 Å². The molecule has 41 heavy (non-hydrogen) atoms. The summed E-state index contributed by atoms with van der Waals surface area (Å²) in [7, 11) is 1.35. The molecule has 1 heterocycles. The number of rotatable bonds is 10. The third-order valence-electron chi connectivity index (χ3n) is 6.24. The molecule has 2 N–H and O–H groups in total. The number of hydrogen-bond acceptors (Lipinski definition) is 6. The highest BCUT2D eigenvalue weighted by Crippen LogP contribution is 2.23. The first-order valence-corrected chi connectivity index (χ1v) is 14.2. The van der Waals surface area contributed by atoms with E-state index in [1.807, 2.05) is 6.19 Å². The molecule has 0 aliphatic carbocycles. The number of nitrogens with zero attached hydrogens (tertiary/aromatic N) is 3. The van der Waals surface area contributed by atoms with Gasteiger partial charge < -0.3 is 10.6 Å². The highest BCUT2D eigenvalue weighted by atomic mass is 35.5. The molecule has 3 amide bonds. The maximum atomic E-state index is 14.6. The van der Waals surface area contributed by atoms with Gasteiger partial charge in [-0.3, -0.25) is 14.4 Å². The molecule has 0 saturated carbocycles. The number of halogens is 3. The van der Waals surface area contributed by atoms with Gasteiger partial charge in [0, 0.05) is 24.1 Å². The first kappa shape index (κ1) is 31.9. The number of benzene rings is 2. The fraction of sp³-hybridized carbons (Fsp3) is 0.310. The van der Waals surface area contributed by atoms with Crippen LogP contribution in [0, 0.1) is 22.7 Å². The van der Waals surface area contributed by atoms with E-state index in [2.05, 4.69) is 10.6 Å². The lowest BCUT2D eigenvalue weighted by molar-refractivity contribution is -0.146. The molecule has 3 rings (SSSR count). The summed E-state index contributed by atoms with van der Waals surface area (Å²) < 4.78 is 14.6. The topological polar surface area (TPSA) is 106 Å². The van der Waals surface area contributed by atoms with E-state index < -0.39 is 41.0 Å². The minimum Gasteiger partial charge on any atom is -0.342 e. The average molecular weight is 619 g/mol. The molecule has 1 aromatic heterocycles. The van der Waals surface area contributed by atoms with E-state index in [0.717, 1.165) is 10.0 Å². The molecule has 0 saturated heterocycles. The van der Waals surface area contributed by atoms with Crippen molar-refractivity contribution in [3.63, 3.8) is 0 Å². The fourth-order valence-corrected chi connectivity index (χ4v) is 5.06. The van der Waals surface area contributed by atoms with Gasteiger partial charge in [0.1, 0.15) is 17.9 Å². The van der Waals surface area contributed by atoms with Crippen molar-refractivity contribution in [1.82, 2.24) is 20.7 Å². The second-order valence-corrected chi connectivity index (χ2v) is 12.2. The molecule has 0 fully saturated rings. The van der Waals surface area contributed by atoms with Gasteiger partial charge in [0.2, 0.25) is 5.91 Å². The summed E-state index contributed by atoms with van der Waals surface area (Å²) in [6.45, 7) is 5.11. The van der Waals surface area contributed by atoms with E-state index in [4.69, 9.17) is 23.2 Å². The van der Waals surface area contributed by atoms with Crippen molar-refractivity contribution in [2.75, 3.05) is 7.05 Å². The Morgan fingerprint density at radius 3 is 2.39 bits per heavy atom. The predicted octanol–water partition coefficient (Wildman–Crippen LogP) is 5.42. The summed E-state index contributed by atoms with van der Waals surface area (Å²) in [5.74, 6) is -2.34. The largest absolute Gasteiger partial charge is 0.342 e. The SMILES string of the molecule is CN(C(=O)[C@H](Cc1cccc(Cl)c1)NC(=O)[C@@H](NC(=O)c1cccs1)C(C)(C)C)N(C#N)Cc1cccc(Cl)c1F. The molecular weight excluding hydrogens is 588 g/mol. The number of hydrogen-bond donors (Lipinski definition) is 2. The number of hydrazine groups is 1. The van der Waals surface area contributed by atoms with Crippen LogP contribution in [-0.2, 0) is 22.6 Å². The van der Waals surface area contributed by atoms with Gasteiger partial charge in [-0.1, -0.05) is 74.3 Å². The zero-order chi connectivity index (χ0) is 30.3. The predicted molar refractivity (Wildman–Crippen MR) is 157 cm³/mol. The van der Waals surface area contributed by atoms with Gasteiger partial charge in [-0.05, 0) is 40.6 Å². The van der Waals surface area contributed by atoms with Gasteiger partial charge in [-0.2, -0.15) is 5.26 Å². The van der Waals surface area contributed by atoms with E-state index in [-0.39, 0.29) is 23.6 Å². The Morgan fingerprint density at radius 1 is 1.07 bits per heavy atom. The average Bonchev–Trinajstić information content (AvgIpc) is 3.46. The summed E-state index contributed by atoms with van der Waals surface area (Å²) in [6, 6.07) is 12.4. The molecular formula is C29H30Cl2FN5O3S. The van der Waals surface area contributed by atoms with Crippen molar-refractivity contribution >= 4 is 52.3 Å². The van der Waals surface area contributed by atoms with E-state index in [0.29, 0.717) is 15.5 Å². The van der Waals surface area contributed by atoms with Crippen LogP contribution in [0.1, 0.15) is 41.6 Å². The Labute approximate surface area is 252 Å². The van der Waals surface area contributed by atoms with Crippen molar-refractivity contribution in [3.8, 4) is 6.19 Å². The molecule has 2 aromatic carbocycles. The molecule has 2 atom stereocenters. The third-order valence-corrected chi connectivity index (χ3v) is 7.64. The fourth-order valence-electron chi connectivity index (χ4n) is 4.03. The van der Waals surface area contributed by atoms with Gasteiger partial charge in [0.25, 0.3) is 11.8 Å². The lowest BCUT2D eigenvalue weighted by atomic mass is 9.85. The number of nitriles is 1. The van der Waals surface area contributed by atoms with Gasteiger partial charge in [0.05, 0.1) is 16.4 Å². The Morgan fingerprint density at radius 2 is 1.78 bits per heavy atom. The molecule has 12 heteroatoms. The summed E-state index contributed by atoms with van der Waals surface area (Å²) in [6.07, 6.45) is 1.92. The lowest BCUT2D eigenvalue weighted by Crippen LogP contribution is -2.59. The number of thiophene rings is 1. The van der Waals surface area contributed by atoms with Crippen LogP contribution in [0.3, 0.4) is 0 Å². The highest BCUT2D eigenvalue weighted by Gasteiger charge is 2.36. The van der Waals surface area contributed by atoms with Crippen molar-refractivity contribution in [1.29, 1.82) is 5.26 Å². The molecule has 8 nitrogen and oxygen atoms in total. The van der Waals surface area contributed by atoms with Crippen LogP contribution in [0.25, 0.3) is 0 Å². The maximum Gasteiger partial charge on any atom is 0.264 e. The summed E-state index contributed by atoms with van der Waals surface area (Å²) in [5.41, 5.74) is 0.0529. The molecule has 0 aliphatic rings. The van der Waals surface area contributed by atoms with Crippen molar-refractivity contribution in [2.45, 2.75) is 45.8 Å². The van der Waals surface area contributed by atoms with E-state index in [1.165, 1.54) is 36.6 Å². The Balaban J connectivity index is 1.89. The van der Waals surface area contributed by atoms with Crippen LogP contribution >= 0.6 is 34.5 Å². The molecule has 0 bridgehead atoms. The number of amides is 3. The van der Waals surface area contributed by atoms with Gasteiger partial charge in [0.15, 0.2) is 6.19 Å². The Kier molecular flexibility index (Phi) is 10.7. The number of likely N-dealkylation sites (N-methyl/N-ethyl adjacent to an activating group) is 1. The summed E-state index contributed by atoms with van der Waals surface area (Å²) >= 11 is 13.3. The zero-order valence-electron chi connectivity index (χ0n) is 23.0. The second-order valence-electron chi connectivity index (χ2n) is 10.4. The monoisotopic (exact) mass is 617 g/mol. The lowest BCUT2D eigenvalue weighted by Gasteiger charge is -2.34. The molecule has 3 aromatic rings. The molecule has 0 unspecified atom stereocenters. The minimum absolute atomic E-state index is 0.0377. The van der Waals surface area contributed by atoms with Crippen LogP contribution in [-0.4, -0.2) is 46.9 Å². The Bertz CT molecular complexity index is 1440. The third kappa shape index (κ3) is 8.43. The maximum absolute atomic E-state index is 14.6. The second kappa shape index (κ2) is 13.8. The van der Waals surface area contributed by atoms with Gasteiger partial charge in [-0.15, -0.1) is 11.3 Å². The molecule has 0 aliphatic heterocycles. The summed E-state index contributed by atoms with van der Waals surface area (Å²) in [5, 5.41) is 19.4. The Hall–Kier alpha value is -3.65. The van der Waals surface area contributed by atoms with Crippen molar-refractivity contribution in [3.05, 3.63) is 91.8 Å². The molecule has 216 valence electrons. The quantitative estimate of drug-likeness (QED) is 0.179. The smallest absolute Gasteiger partial charge is 0.264 e. The van der Waals surface area contributed by atoms with E-state index >= 15 is 0 Å². The minimum atomic E-state index is -1.16.